The van der Waals surface area contributed by atoms with E-state index in [0.717, 1.165) is 18.4 Å². The Bertz CT molecular complexity index is 1330. The second-order valence-electron chi connectivity index (χ2n) is 9.97. The normalized spacial score (nSPS) is 17.7. The van der Waals surface area contributed by atoms with Crippen molar-refractivity contribution < 1.29 is 27.4 Å². The average molecular weight is 560 g/mol. The summed E-state index contributed by atoms with van der Waals surface area (Å²) in [4.78, 5) is 8.74. The Morgan fingerprint density at radius 2 is 1.74 bits per heavy atom. The minimum absolute atomic E-state index is 0.0623. The third kappa shape index (κ3) is 6.39. The molecule has 1 aliphatic rings. The Kier molecular flexibility index (Phi) is 9.19. The fraction of sp³-hybridized carbons (Fsp3) is 0.556. The maximum absolute atomic E-state index is 13.9. The van der Waals surface area contributed by atoms with Gasteiger partial charge in [-0.2, -0.15) is 0 Å². The molecule has 1 aromatic carbocycles. The molecule has 0 aliphatic carbocycles. The highest BCUT2D eigenvalue weighted by Crippen LogP contribution is 2.37. The molecule has 3 heterocycles. The number of methoxy groups -OCH3 is 2. The van der Waals surface area contributed by atoms with Gasteiger partial charge < -0.3 is 18.9 Å². The van der Waals surface area contributed by atoms with Crippen molar-refractivity contribution in [2.75, 3.05) is 27.4 Å². The summed E-state index contributed by atoms with van der Waals surface area (Å²) < 4.78 is 52.7. The van der Waals surface area contributed by atoms with Crippen molar-refractivity contribution in [3.8, 4) is 17.2 Å². The van der Waals surface area contributed by atoms with Gasteiger partial charge in [-0.25, -0.2) is 18.4 Å². The van der Waals surface area contributed by atoms with Gasteiger partial charge in [0.25, 0.3) is 0 Å². The van der Waals surface area contributed by atoms with Crippen molar-refractivity contribution in [2.24, 2.45) is 0 Å². The van der Waals surface area contributed by atoms with Gasteiger partial charge in [-0.3, -0.25) is 4.57 Å². The van der Waals surface area contributed by atoms with E-state index in [1.807, 2.05) is 26.8 Å². The van der Waals surface area contributed by atoms with Crippen LogP contribution in [0, 0.1) is 6.92 Å². The molecule has 0 radical (unpaired) electrons. The van der Waals surface area contributed by atoms with Gasteiger partial charge in [-0.15, -0.1) is 10.2 Å². The van der Waals surface area contributed by atoms with Gasteiger partial charge >= 0.3 is 0 Å². The van der Waals surface area contributed by atoms with E-state index < -0.39 is 21.2 Å². The molecule has 2 aromatic heterocycles. The minimum Gasteiger partial charge on any atom is -0.494 e. The first-order valence-corrected chi connectivity index (χ1v) is 14.8. The number of hydrogen-bond acceptors (Lipinski definition) is 10. The van der Waals surface area contributed by atoms with Crippen LogP contribution in [0.15, 0.2) is 30.6 Å². The summed E-state index contributed by atoms with van der Waals surface area (Å²) in [6.07, 6.45) is 3.92. The van der Waals surface area contributed by atoms with Crippen LogP contribution in [-0.4, -0.2) is 71.9 Å². The van der Waals surface area contributed by atoms with Crippen molar-refractivity contribution >= 4 is 9.84 Å². The molecule has 0 amide bonds. The van der Waals surface area contributed by atoms with Crippen LogP contribution in [0.4, 0.5) is 0 Å². The van der Waals surface area contributed by atoms with E-state index in [2.05, 4.69) is 20.2 Å². The number of aromatic nitrogens is 5. The van der Waals surface area contributed by atoms with Gasteiger partial charge in [0.1, 0.15) is 34.9 Å². The van der Waals surface area contributed by atoms with E-state index in [1.165, 1.54) is 0 Å². The summed E-state index contributed by atoms with van der Waals surface area (Å²) in [7, 11) is -0.734. The molecule has 212 valence electrons. The number of rotatable bonds is 11. The molecule has 0 bridgehead atoms. The molecule has 1 saturated heterocycles. The molecule has 11 nitrogen and oxygen atoms in total. The van der Waals surface area contributed by atoms with E-state index >= 15 is 0 Å². The number of hydrogen-bond donors (Lipinski definition) is 0. The molecule has 0 spiro atoms. The third-order valence-electron chi connectivity index (χ3n) is 6.70. The molecule has 4 rings (SSSR count). The summed E-state index contributed by atoms with van der Waals surface area (Å²) in [6.45, 7) is 8.34. The third-order valence-corrected chi connectivity index (χ3v) is 8.74. The molecule has 39 heavy (non-hydrogen) atoms. The molecule has 3 aromatic rings. The fourth-order valence-corrected chi connectivity index (χ4v) is 6.02. The van der Waals surface area contributed by atoms with Crippen LogP contribution in [-0.2, 0) is 25.1 Å². The van der Waals surface area contributed by atoms with Gasteiger partial charge in [0.15, 0.2) is 21.5 Å². The quantitative estimate of drug-likeness (QED) is 0.343. The summed E-state index contributed by atoms with van der Waals surface area (Å²) in [5.74, 6) is 1.73. The van der Waals surface area contributed by atoms with Gasteiger partial charge in [-0.1, -0.05) is 6.07 Å². The maximum Gasteiger partial charge on any atom is 0.163 e. The Balaban J connectivity index is 1.79. The Hall–Kier alpha value is -3.09. The van der Waals surface area contributed by atoms with Crippen LogP contribution in [0.2, 0.25) is 0 Å². The van der Waals surface area contributed by atoms with Gasteiger partial charge in [0.2, 0.25) is 0 Å². The predicted octanol–water partition coefficient (Wildman–Crippen LogP) is 3.75. The highest BCUT2D eigenvalue weighted by Gasteiger charge is 2.37. The van der Waals surface area contributed by atoms with Crippen LogP contribution in [0.3, 0.4) is 0 Å². The lowest BCUT2D eigenvalue weighted by Gasteiger charge is -2.26. The van der Waals surface area contributed by atoms with E-state index in [4.69, 9.17) is 18.9 Å². The second kappa shape index (κ2) is 12.4. The van der Waals surface area contributed by atoms with Crippen molar-refractivity contribution in [3.63, 3.8) is 0 Å². The zero-order chi connectivity index (χ0) is 28.2. The van der Waals surface area contributed by atoms with Crippen LogP contribution in [0.5, 0.6) is 11.5 Å². The van der Waals surface area contributed by atoms with Crippen LogP contribution < -0.4 is 9.47 Å². The lowest BCUT2D eigenvalue weighted by molar-refractivity contribution is 0.00141. The number of ether oxygens (including phenoxy) is 4. The molecular formula is C27H37N5O6S. The van der Waals surface area contributed by atoms with Gasteiger partial charge in [-0.05, 0) is 58.2 Å². The summed E-state index contributed by atoms with van der Waals surface area (Å²) in [6, 6.07) is 5.39. The first kappa shape index (κ1) is 28.9. The summed E-state index contributed by atoms with van der Waals surface area (Å²) >= 11 is 0. The lowest BCUT2D eigenvalue weighted by atomic mass is 10.0. The smallest absolute Gasteiger partial charge is 0.163 e. The van der Waals surface area contributed by atoms with Crippen molar-refractivity contribution in [1.29, 1.82) is 0 Å². The SMILES string of the molecule is COc1cccc(OC)c1-n1c(CS(=O)(=O)[C@@H](C)[C@@H](OC(C)C)c2ncc(C)cn2)nnc1[C@@H]1CCCOC1. The first-order chi connectivity index (χ1) is 18.7. The summed E-state index contributed by atoms with van der Waals surface area (Å²) in [5, 5.41) is 7.89. The van der Waals surface area contributed by atoms with Crippen LogP contribution in [0.25, 0.3) is 5.69 Å². The highest BCUT2D eigenvalue weighted by atomic mass is 32.2. The second-order valence-corrected chi connectivity index (χ2v) is 12.3. The molecule has 1 aliphatic heterocycles. The standard InChI is InChI=1S/C27H37N5O6S/c1-17(2)38-25(26-28-13-18(3)14-29-26)19(4)39(33,34)16-23-30-31-27(20-9-8-12-37-15-20)32(23)24-21(35-5)10-7-11-22(24)36-6/h7,10-11,13-14,17,19-20,25H,8-9,12,15-16H2,1-6H3/t19-,20+,25+/m0/s1. The Morgan fingerprint density at radius 1 is 1.08 bits per heavy atom. The number of benzene rings is 1. The molecule has 0 N–H and O–H groups in total. The minimum atomic E-state index is -3.84. The molecule has 1 fully saturated rings. The fourth-order valence-electron chi connectivity index (χ4n) is 4.65. The monoisotopic (exact) mass is 559 g/mol. The van der Waals surface area contributed by atoms with E-state index in [-0.39, 0.29) is 23.6 Å². The van der Waals surface area contributed by atoms with E-state index in [0.29, 0.717) is 42.0 Å². The predicted molar refractivity (Wildman–Crippen MR) is 145 cm³/mol. The van der Waals surface area contributed by atoms with Crippen molar-refractivity contribution in [2.45, 2.75) is 69.7 Å². The van der Waals surface area contributed by atoms with Crippen LogP contribution in [0.1, 0.15) is 68.7 Å². The Labute approximate surface area is 229 Å². The van der Waals surface area contributed by atoms with Crippen LogP contribution >= 0.6 is 0 Å². The molecule has 3 atom stereocenters. The maximum atomic E-state index is 13.9. The zero-order valence-electron chi connectivity index (χ0n) is 23.3. The lowest BCUT2D eigenvalue weighted by Crippen LogP contribution is -2.32. The Morgan fingerprint density at radius 3 is 2.31 bits per heavy atom. The number of para-hydroxylation sites is 1. The molecule has 12 heteroatoms. The molecular weight excluding hydrogens is 522 g/mol. The number of sulfone groups is 1. The van der Waals surface area contributed by atoms with E-state index in [1.54, 1.807) is 50.2 Å². The number of nitrogens with zero attached hydrogens (tertiary/aromatic N) is 5. The van der Waals surface area contributed by atoms with Crippen molar-refractivity contribution in [3.05, 3.63) is 53.6 Å². The first-order valence-electron chi connectivity index (χ1n) is 13.0. The number of aryl methyl sites for hydroxylation is 1. The largest absolute Gasteiger partial charge is 0.494 e. The highest BCUT2D eigenvalue weighted by molar-refractivity contribution is 7.91. The van der Waals surface area contributed by atoms with Gasteiger partial charge in [0, 0.05) is 24.9 Å². The zero-order valence-corrected chi connectivity index (χ0v) is 24.1. The molecule has 0 unspecified atom stereocenters. The average Bonchev–Trinajstić information content (AvgIpc) is 3.33. The van der Waals surface area contributed by atoms with E-state index in [9.17, 15) is 8.42 Å². The van der Waals surface area contributed by atoms with Crippen molar-refractivity contribution in [1.82, 2.24) is 24.7 Å². The summed E-state index contributed by atoms with van der Waals surface area (Å²) in [5.41, 5.74) is 1.42. The topological polar surface area (TPSA) is 128 Å². The molecule has 0 saturated carbocycles. The van der Waals surface area contributed by atoms with Gasteiger partial charge in [0.05, 0.1) is 32.2 Å².